The number of methoxy groups -OCH3 is 1. The summed E-state index contributed by atoms with van der Waals surface area (Å²) in [5.74, 6) is -0.972. The molecule has 4 N–H and O–H groups in total. The van der Waals surface area contributed by atoms with E-state index in [1.807, 2.05) is 0 Å². The molecule has 0 saturated heterocycles. The maximum absolute atomic E-state index is 13.1. The summed E-state index contributed by atoms with van der Waals surface area (Å²) < 4.78 is 50.0. The van der Waals surface area contributed by atoms with Crippen LogP contribution in [0.15, 0.2) is 28.7 Å². The van der Waals surface area contributed by atoms with Gasteiger partial charge in [-0.1, -0.05) is 0 Å². The van der Waals surface area contributed by atoms with Crippen LogP contribution < -0.4 is 21.1 Å². The minimum atomic E-state index is -4.64. The molecule has 0 atom stereocenters. The Balaban J connectivity index is 2.08. The van der Waals surface area contributed by atoms with Gasteiger partial charge >= 0.3 is 6.18 Å². The lowest BCUT2D eigenvalue weighted by molar-refractivity contribution is -0.141. The van der Waals surface area contributed by atoms with E-state index in [4.69, 9.17) is 14.9 Å². The highest BCUT2D eigenvalue weighted by Gasteiger charge is 2.33. The lowest BCUT2D eigenvalue weighted by atomic mass is 10.1. The fourth-order valence-electron chi connectivity index (χ4n) is 2.82. The minimum absolute atomic E-state index is 0.0419. The van der Waals surface area contributed by atoms with E-state index in [9.17, 15) is 22.8 Å². The van der Waals surface area contributed by atoms with Crippen molar-refractivity contribution in [2.45, 2.75) is 12.7 Å². The topological polar surface area (TPSA) is 132 Å². The van der Waals surface area contributed by atoms with Crippen molar-refractivity contribution in [3.63, 3.8) is 0 Å². The van der Waals surface area contributed by atoms with Gasteiger partial charge in [0.2, 0.25) is 11.8 Å². The van der Waals surface area contributed by atoms with Crippen LogP contribution in [0.3, 0.4) is 0 Å². The maximum atomic E-state index is 13.1. The van der Waals surface area contributed by atoms with Gasteiger partial charge in [-0.25, -0.2) is 9.97 Å². The average Bonchev–Trinajstić information content (AvgIpc) is 3.19. The SMILES string of the molecule is CNC(=O)CNC(=O)c1nc(-c2ccc(OC)c3nc(C(F)(F)F)ccc23)oc1CN. The maximum Gasteiger partial charge on any atom is 0.433 e. The fraction of sp³-hybridized carbons (Fsp3) is 0.263. The zero-order valence-electron chi connectivity index (χ0n) is 16.5. The third-order valence-electron chi connectivity index (χ3n) is 4.35. The Hall–Kier alpha value is -3.67. The molecule has 3 aromatic rings. The first kappa shape index (κ1) is 22.0. The van der Waals surface area contributed by atoms with Crippen molar-refractivity contribution in [3.05, 3.63) is 41.4 Å². The molecule has 0 aliphatic rings. The van der Waals surface area contributed by atoms with Crippen molar-refractivity contribution in [2.24, 2.45) is 5.73 Å². The average molecular weight is 437 g/mol. The summed E-state index contributed by atoms with van der Waals surface area (Å²) in [5.41, 5.74) is 4.66. The summed E-state index contributed by atoms with van der Waals surface area (Å²) in [6.07, 6.45) is -4.64. The normalized spacial score (nSPS) is 11.4. The van der Waals surface area contributed by atoms with Gasteiger partial charge in [0.15, 0.2) is 11.5 Å². The third kappa shape index (κ3) is 4.43. The van der Waals surface area contributed by atoms with E-state index >= 15 is 0 Å². The van der Waals surface area contributed by atoms with Gasteiger partial charge in [0.25, 0.3) is 5.91 Å². The fourth-order valence-corrected chi connectivity index (χ4v) is 2.82. The number of benzene rings is 1. The third-order valence-corrected chi connectivity index (χ3v) is 4.35. The number of ether oxygens (including phenoxy) is 1. The summed E-state index contributed by atoms with van der Waals surface area (Å²) in [6.45, 7) is -0.447. The molecule has 0 aliphatic carbocycles. The summed E-state index contributed by atoms with van der Waals surface area (Å²) in [4.78, 5) is 31.6. The summed E-state index contributed by atoms with van der Waals surface area (Å²) >= 11 is 0. The number of nitrogens with zero attached hydrogens (tertiary/aromatic N) is 2. The summed E-state index contributed by atoms with van der Waals surface area (Å²) in [7, 11) is 2.73. The van der Waals surface area contributed by atoms with Crippen molar-refractivity contribution in [2.75, 3.05) is 20.7 Å². The molecule has 12 heteroatoms. The number of carbonyl (C=O) groups is 2. The standard InChI is InChI=1S/C19H18F3N5O4/c1-24-14(28)8-25-17(29)16-12(7-23)31-18(27-16)10-3-5-11(30-2)15-9(10)4-6-13(26-15)19(20,21)22/h3-6H,7-8,23H2,1-2H3,(H,24,28)(H,25,29). The van der Waals surface area contributed by atoms with E-state index in [1.54, 1.807) is 0 Å². The van der Waals surface area contributed by atoms with Gasteiger partial charge in [0, 0.05) is 18.0 Å². The predicted octanol–water partition coefficient (Wildman–Crippen LogP) is 1.85. The number of halogens is 3. The molecule has 0 saturated carbocycles. The molecule has 0 radical (unpaired) electrons. The molecule has 164 valence electrons. The predicted molar refractivity (Wildman–Crippen MR) is 103 cm³/mol. The molecular weight excluding hydrogens is 419 g/mol. The van der Waals surface area contributed by atoms with E-state index in [1.165, 1.54) is 32.4 Å². The van der Waals surface area contributed by atoms with Gasteiger partial charge in [-0.05, 0) is 24.3 Å². The van der Waals surface area contributed by atoms with Gasteiger partial charge < -0.3 is 25.5 Å². The Morgan fingerprint density at radius 2 is 1.94 bits per heavy atom. The number of aromatic nitrogens is 2. The molecule has 31 heavy (non-hydrogen) atoms. The van der Waals surface area contributed by atoms with Crippen molar-refractivity contribution in [3.8, 4) is 17.2 Å². The zero-order chi connectivity index (χ0) is 22.8. The number of amides is 2. The number of nitrogens with one attached hydrogen (secondary N) is 2. The van der Waals surface area contributed by atoms with Gasteiger partial charge in [0.05, 0.1) is 20.2 Å². The first-order chi connectivity index (χ1) is 14.7. The van der Waals surface area contributed by atoms with E-state index in [0.29, 0.717) is 0 Å². The van der Waals surface area contributed by atoms with Gasteiger partial charge in [-0.15, -0.1) is 0 Å². The van der Waals surface area contributed by atoms with Crippen LogP contribution in [0.5, 0.6) is 5.75 Å². The molecule has 3 rings (SSSR count). The lowest BCUT2D eigenvalue weighted by Crippen LogP contribution is -2.35. The Morgan fingerprint density at radius 3 is 2.55 bits per heavy atom. The molecule has 1 aromatic carbocycles. The van der Waals surface area contributed by atoms with Crippen LogP contribution in [0, 0.1) is 0 Å². The van der Waals surface area contributed by atoms with Crippen molar-refractivity contribution < 1.29 is 31.9 Å². The molecular formula is C19H18F3N5O4. The highest BCUT2D eigenvalue weighted by molar-refractivity contribution is 5.98. The molecule has 9 nitrogen and oxygen atoms in total. The van der Waals surface area contributed by atoms with E-state index < -0.39 is 23.7 Å². The molecule has 2 heterocycles. The number of carbonyl (C=O) groups excluding carboxylic acids is 2. The smallest absolute Gasteiger partial charge is 0.433 e. The Bertz CT molecular complexity index is 1140. The molecule has 2 aromatic heterocycles. The first-order valence-corrected chi connectivity index (χ1v) is 8.93. The number of hydrogen-bond donors (Lipinski definition) is 3. The number of pyridine rings is 1. The van der Waals surface area contributed by atoms with Crippen LogP contribution in [-0.2, 0) is 17.5 Å². The van der Waals surface area contributed by atoms with E-state index in [2.05, 4.69) is 20.6 Å². The first-order valence-electron chi connectivity index (χ1n) is 8.93. The number of alkyl halides is 3. The number of nitrogens with two attached hydrogens (primary N) is 1. The largest absolute Gasteiger partial charge is 0.494 e. The quantitative estimate of drug-likeness (QED) is 0.536. The van der Waals surface area contributed by atoms with Crippen LogP contribution in [0.2, 0.25) is 0 Å². The van der Waals surface area contributed by atoms with Gasteiger partial charge in [-0.2, -0.15) is 13.2 Å². The number of rotatable bonds is 6. The molecule has 0 spiro atoms. The molecule has 0 aliphatic heterocycles. The monoisotopic (exact) mass is 437 g/mol. The molecule has 2 amide bonds. The van der Waals surface area contributed by atoms with E-state index in [-0.39, 0.29) is 52.7 Å². The lowest BCUT2D eigenvalue weighted by Gasteiger charge is -2.11. The van der Waals surface area contributed by atoms with Crippen LogP contribution in [0.1, 0.15) is 21.9 Å². The van der Waals surface area contributed by atoms with Crippen LogP contribution in [0.4, 0.5) is 13.2 Å². The summed E-state index contributed by atoms with van der Waals surface area (Å²) in [5, 5.41) is 5.01. The zero-order valence-corrected chi connectivity index (χ0v) is 16.5. The minimum Gasteiger partial charge on any atom is -0.494 e. The Kier molecular flexibility index (Phi) is 6.11. The summed E-state index contributed by atoms with van der Waals surface area (Å²) in [6, 6.07) is 4.99. The highest BCUT2D eigenvalue weighted by Crippen LogP contribution is 2.36. The van der Waals surface area contributed by atoms with Gasteiger partial charge in [-0.3, -0.25) is 9.59 Å². The van der Waals surface area contributed by atoms with E-state index in [0.717, 1.165) is 6.07 Å². The number of oxazole rings is 1. The Labute approximate surface area is 173 Å². The van der Waals surface area contributed by atoms with Crippen LogP contribution in [-0.4, -0.2) is 42.5 Å². The highest BCUT2D eigenvalue weighted by atomic mass is 19.4. The van der Waals surface area contributed by atoms with Crippen molar-refractivity contribution in [1.29, 1.82) is 0 Å². The second-order valence-electron chi connectivity index (χ2n) is 6.26. The van der Waals surface area contributed by atoms with Crippen molar-refractivity contribution >= 4 is 22.7 Å². The molecule has 0 bridgehead atoms. The second-order valence-corrected chi connectivity index (χ2v) is 6.26. The van der Waals surface area contributed by atoms with Crippen LogP contribution >= 0.6 is 0 Å². The number of fused-ring (bicyclic) bond motifs is 1. The van der Waals surface area contributed by atoms with Crippen molar-refractivity contribution in [1.82, 2.24) is 20.6 Å². The second kappa shape index (κ2) is 8.60. The molecule has 0 fully saturated rings. The Morgan fingerprint density at radius 1 is 1.19 bits per heavy atom. The molecule has 0 unspecified atom stereocenters. The number of likely N-dealkylation sites (N-methyl/N-ethyl adjacent to an activating group) is 1. The number of hydrogen-bond acceptors (Lipinski definition) is 7. The van der Waals surface area contributed by atoms with Gasteiger partial charge in [0.1, 0.15) is 17.0 Å². The van der Waals surface area contributed by atoms with Crippen LogP contribution in [0.25, 0.3) is 22.4 Å².